The summed E-state index contributed by atoms with van der Waals surface area (Å²) < 4.78 is 11.2. The number of nitro groups is 1. The van der Waals surface area contributed by atoms with Crippen molar-refractivity contribution in [3.05, 3.63) is 27.9 Å². The summed E-state index contributed by atoms with van der Waals surface area (Å²) in [5, 5.41) is 11.4. The number of hydrogen-bond acceptors (Lipinski definition) is 7. The lowest BCUT2D eigenvalue weighted by atomic mass is 10.2. The second kappa shape index (κ2) is 7.20. The van der Waals surface area contributed by atoms with Crippen LogP contribution in [-0.2, 0) is 9.47 Å². The van der Waals surface area contributed by atoms with E-state index in [-0.39, 0.29) is 16.7 Å². The van der Waals surface area contributed by atoms with Crippen LogP contribution in [0.15, 0.2) is 12.3 Å². The molecule has 0 radical (unpaired) electrons. The molecule has 2 aliphatic rings. The molecule has 0 aliphatic carbocycles. The van der Waals surface area contributed by atoms with Crippen molar-refractivity contribution in [2.24, 2.45) is 0 Å². The third kappa shape index (κ3) is 3.77. The molecule has 0 aromatic carbocycles. The van der Waals surface area contributed by atoms with Gasteiger partial charge in [0.2, 0.25) is 5.82 Å². The van der Waals surface area contributed by atoms with Crippen LogP contribution in [0.1, 0.15) is 5.56 Å². The van der Waals surface area contributed by atoms with E-state index in [2.05, 4.69) is 9.88 Å². The van der Waals surface area contributed by atoms with Crippen molar-refractivity contribution < 1.29 is 14.4 Å². The maximum Gasteiger partial charge on any atom is 0.314 e. The Balaban J connectivity index is 1.71. The molecule has 2 aliphatic heterocycles. The number of anilines is 1. The van der Waals surface area contributed by atoms with E-state index in [1.165, 1.54) is 0 Å². The fraction of sp³-hybridized carbons (Fsp3) is 0.667. The van der Waals surface area contributed by atoms with Crippen LogP contribution >= 0.6 is 0 Å². The second-order valence-corrected chi connectivity index (χ2v) is 5.91. The van der Waals surface area contributed by atoms with E-state index in [9.17, 15) is 10.1 Å². The van der Waals surface area contributed by atoms with Crippen LogP contribution in [0.25, 0.3) is 0 Å². The number of ether oxygens (including phenoxy) is 2. The molecule has 2 fully saturated rings. The van der Waals surface area contributed by atoms with Gasteiger partial charge in [-0.15, -0.1) is 0 Å². The van der Waals surface area contributed by atoms with E-state index < -0.39 is 0 Å². The molecule has 23 heavy (non-hydrogen) atoms. The molecule has 0 spiro atoms. The second-order valence-electron chi connectivity index (χ2n) is 5.91. The van der Waals surface area contributed by atoms with Crippen molar-refractivity contribution in [1.82, 2.24) is 9.88 Å². The Morgan fingerprint density at radius 3 is 2.87 bits per heavy atom. The molecule has 3 rings (SSSR count). The van der Waals surface area contributed by atoms with E-state index in [0.29, 0.717) is 31.1 Å². The standard InChI is InChI=1S/C15H22N4O4/c1-12-2-3-16-15(14(12)19(20)21)18-6-9-23-13(11-18)10-17-4-7-22-8-5-17/h2-3,13H,4-11H2,1H3. The van der Waals surface area contributed by atoms with Gasteiger partial charge in [0.25, 0.3) is 0 Å². The zero-order valence-corrected chi connectivity index (χ0v) is 13.3. The lowest BCUT2D eigenvalue weighted by molar-refractivity contribution is -0.384. The Morgan fingerprint density at radius 1 is 1.35 bits per heavy atom. The van der Waals surface area contributed by atoms with Crippen LogP contribution < -0.4 is 4.90 Å². The summed E-state index contributed by atoms with van der Waals surface area (Å²) in [6.07, 6.45) is 1.66. The van der Waals surface area contributed by atoms with Crippen LogP contribution in [0.4, 0.5) is 11.5 Å². The summed E-state index contributed by atoms with van der Waals surface area (Å²) in [5.41, 5.74) is 0.732. The minimum atomic E-state index is -0.343. The third-order valence-electron chi connectivity index (χ3n) is 4.29. The highest BCUT2D eigenvalue weighted by Gasteiger charge is 2.29. The average Bonchev–Trinajstić information content (AvgIpc) is 2.55. The van der Waals surface area contributed by atoms with E-state index in [4.69, 9.17) is 9.47 Å². The predicted octanol–water partition coefficient (Wildman–Crippen LogP) is 0.836. The smallest absolute Gasteiger partial charge is 0.314 e. The van der Waals surface area contributed by atoms with Gasteiger partial charge in [0.1, 0.15) is 0 Å². The van der Waals surface area contributed by atoms with Gasteiger partial charge in [0.05, 0.1) is 30.8 Å². The molecule has 0 bridgehead atoms. The Labute approximate surface area is 135 Å². The topological polar surface area (TPSA) is 81.0 Å². The minimum absolute atomic E-state index is 0.0313. The van der Waals surface area contributed by atoms with Crippen molar-refractivity contribution in [2.75, 3.05) is 57.4 Å². The van der Waals surface area contributed by atoms with Crippen LogP contribution in [0.5, 0.6) is 0 Å². The minimum Gasteiger partial charge on any atom is -0.379 e. The summed E-state index contributed by atoms with van der Waals surface area (Å²) >= 11 is 0. The number of hydrogen-bond donors (Lipinski definition) is 0. The normalized spacial score (nSPS) is 23.0. The first-order valence-electron chi connectivity index (χ1n) is 7.92. The molecule has 1 unspecified atom stereocenters. The maximum absolute atomic E-state index is 11.4. The van der Waals surface area contributed by atoms with Gasteiger partial charge in [-0.05, 0) is 13.0 Å². The van der Waals surface area contributed by atoms with Crippen molar-refractivity contribution >= 4 is 11.5 Å². The Morgan fingerprint density at radius 2 is 2.13 bits per heavy atom. The molecule has 0 N–H and O–H groups in total. The maximum atomic E-state index is 11.4. The SMILES string of the molecule is Cc1ccnc(N2CCOC(CN3CCOCC3)C2)c1[N+](=O)[O-]. The van der Waals surface area contributed by atoms with E-state index >= 15 is 0 Å². The van der Waals surface area contributed by atoms with Gasteiger partial charge < -0.3 is 14.4 Å². The molecule has 1 aromatic rings. The molecular formula is C15H22N4O4. The van der Waals surface area contributed by atoms with Crippen LogP contribution in [0.2, 0.25) is 0 Å². The molecule has 126 valence electrons. The summed E-state index contributed by atoms with van der Waals surface area (Å²) in [6, 6.07) is 1.67. The van der Waals surface area contributed by atoms with Crippen molar-refractivity contribution in [3.8, 4) is 0 Å². The molecule has 1 aromatic heterocycles. The molecule has 1 atom stereocenters. The largest absolute Gasteiger partial charge is 0.379 e. The molecule has 8 heteroatoms. The number of morpholine rings is 2. The molecule has 0 amide bonds. The van der Waals surface area contributed by atoms with Crippen LogP contribution in [-0.4, -0.2) is 73.5 Å². The molecule has 0 saturated carbocycles. The highest BCUT2D eigenvalue weighted by molar-refractivity contribution is 5.61. The predicted molar refractivity (Wildman–Crippen MR) is 84.8 cm³/mol. The quantitative estimate of drug-likeness (QED) is 0.600. The Kier molecular flexibility index (Phi) is 5.04. The van der Waals surface area contributed by atoms with Gasteiger partial charge in [-0.3, -0.25) is 15.0 Å². The molecular weight excluding hydrogens is 300 g/mol. The van der Waals surface area contributed by atoms with Crippen molar-refractivity contribution in [1.29, 1.82) is 0 Å². The highest BCUT2D eigenvalue weighted by Crippen LogP contribution is 2.30. The third-order valence-corrected chi connectivity index (χ3v) is 4.29. The van der Waals surface area contributed by atoms with E-state index in [1.54, 1.807) is 19.2 Å². The van der Waals surface area contributed by atoms with Crippen molar-refractivity contribution in [2.45, 2.75) is 13.0 Å². The Bertz CT molecular complexity index is 562. The van der Waals surface area contributed by atoms with Gasteiger partial charge >= 0.3 is 5.69 Å². The monoisotopic (exact) mass is 322 g/mol. The van der Waals surface area contributed by atoms with Crippen LogP contribution in [0.3, 0.4) is 0 Å². The molecule has 8 nitrogen and oxygen atoms in total. The van der Waals surface area contributed by atoms with Gasteiger partial charge in [-0.1, -0.05) is 0 Å². The number of aromatic nitrogens is 1. The van der Waals surface area contributed by atoms with E-state index in [1.807, 2.05) is 4.90 Å². The molecule has 2 saturated heterocycles. The van der Waals surface area contributed by atoms with Crippen LogP contribution in [0, 0.1) is 17.0 Å². The first-order valence-corrected chi connectivity index (χ1v) is 7.92. The fourth-order valence-corrected chi connectivity index (χ4v) is 3.09. The lowest BCUT2D eigenvalue weighted by Crippen LogP contribution is -2.50. The zero-order chi connectivity index (χ0) is 16.2. The number of aryl methyl sites for hydroxylation is 1. The van der Waals surface area contributed by atoms with E-state index in [0.717, 1.165) is 32.8 Å². The van der Waals surface area contributed by atoms with Crippen molar-refractivity contribution in [3.63, 3.8) is 0 Å². The summed E-state index contributed by atoms with van der Waals surface area (Å²) in [6.45, 7) is 7.68. The van der Waals surface area contributed by atoms with Gasteiger partial charge in [0, 0.05) is 44.5 Å². The Hall–Kier alpha value is -1.77. The van der Waals surface area contributed by atoms with Gasteiger partial charge in [0.15, 0.2) is 0 Å². The number of pyridine rings is 1. The lowest BCUT2D eigenvalue weighted by Gasteiger charge is -2.37. The molecule has 3 heterocycles. The first-order chi connectivity index (χ1) is 11.1. The summed E-state index contributed by atoms with van der Waals surface area (Å²) in [7, 11) is 0. The summed E-state index contributed by atoms with van der Waals surface area (Å²) in [5.74, 6) is 0.449. The number of nitrogens with zero attached hydrogens (tertiary/aromatic N) is 4. The average molecular weight is 322 g/mol. The zero-order valence-electron chi connectivity index (χ0n) is 13.3. The first kappa shape index (κ1) is 16.1. The summed E-state index contributed by atoms with van der Waals surface area (Å²) in [4.78, 5) is 19.6. The fourth-order valence-electron chi connectivity index (χ4n) is 3.09. The highest BCUT2D eigenvalue weighted by atomic mass is 16.6. The van der Waals surface area contributed by atoms with Gasteiger partial charge in [-0.25, -0.2) is 4.98 Å². The van der Waals surface area contributed by atoms with Gasteiger partial charge in [-0.2, -0.15) is 0 Å². The number of rotatable bonds is 4.